The van der Waals surface area contributed by atoms with E-state index in [9.17, 15) is 13.9 Å². The molecular formula is C28H34ClF2N5O3. The molecule has 0 radical (unpaired) electrons. The lowest BCUT2D eigenvalue weighted by Crippen LogP contribution is -2.48. The van der Waals surface area contributed by atoms with E-state index in [2.05, 4.69) is 10.1 Å². The van der Waals surface area contributed by atoms with E-state index in [1.807, 2.05) is 32.6 Å². The van der Waals surface area contributed by atoms with Gasteiger partial charge in [-0.25, -0.2) is 18.7 Å². The van der Waals surface area contributed by atoms with Crippen LogP contribution in [0.4, 0.5) is 14.6 Å². The van der Waals surface area contributed by atoms with Crippen molar-refractivity contribution >= 4 is 17.4 Å². The number of benzene rings is 1. The van der Waals surface area contributed by atoms with Crippen molar-refractivity contribution in [2.24, 2.45) is 0 Å². The van der Waals surface area contributed by atoms with E-state index < -0.39 is 12.5 Å². The zero-order valence-electron chi connectivity index (χ0n) is 22.6. The first-order valence-corrected chi connectivity index (χ1v) is 13.8. The molecule has 4 heterocycles. The minimum absolute atomic E-state index is 0.0548. The van der Waals surface area contributed by atoms with Gasteiger partial charge in [-0.1, -0.05) is 30.1 Å². The largest absolute Gasteiger partial charge is 0.491 e. The summed E-state index contributed by atoms with van der Waals surface area (Å²) in [7, 11) is 0. The van der Waals surface area contributed by atoms with Crippen LogP contribution in [0.5, 0.6) is 5.75 Å². The van der Waals surface area contributed by atoms with E-state index in [4.69, 9.17) is 30.8 Å². The van der Waals surface area contributed by atoms with Crippen molar-refractivity contribution in [3.63, 3.8) is 0 Å². The number of piperazine rings is 1. The molecule has 1 N–H and O–H groups in total. The minimum Gasteiger partial charge on any atom is -0.491 e. The number of hydrogen-bond donors (Lipinski definition) is 1. The molecule has 11 heteroatoms. The van der Waals surface area contributed by atoms with Crippen LogP contribution in [0.1, 0.15) is 43.2 Å². The van der Waals surface area contributed by atoms with Crippen molar-refractivity contribution in [2.75, 3.05) is 31.1 Å². The van der Waals surface area contributed by atoms with E-state index in [0.29, 0.717) is 58.8 Å². The normalized spacial score (nSPS) is 19.9. The number of likely N-dealkylation sites (tertiary alicyclic amines) is 1. The Kier molecular flexibility index (Phi) is 8.07. The Balaban J connectivity index is 1.55. The Labute approximate surface area is 231 Å². The summed E-state index contributed by atoms with van der Waals surface area (Å²) in [6.45, 7) is 8.85. The van der Waals surface area contributed by atoms with Crippen LogP contribution >= 0.6 is 11.6 Å². The van der Waals surface area contributed by atoms with Crippen LogP contribution in [0.3, 0.4) is 0 Å². The van der Waals surface area contributed by atoms with Gasteiger partial charge in [0.25, 0.3) is 6.43 Å². The lowest BCUT2D eigenvalue weighted by Gasteiger charge is -2.35. The van der Waals surface area contributed by atoms with Gasteiger partial charge in [0.05, 0.1) is 34.6 Å². The molecule has 1 aromatic carbocycles. The highest BCUT2D eigenvalue weighted by Gasteiger charge is 2.45. The summed E-state index contributed by atoms with van der Waals surface area (Å²) >= 11 is 6.66. The minimum atomic E-state index is -2.35. The third-order valence-corrected chi connectivity index (χ3v) is 7.96. The molecule has 2 bridgehead atoms. The molecule has 210 valence electrons. The molecule has 5 rings (SSSR count). The predicted molar refractivity (Wildman–Crippen MR) is 146 cm³/mol. The lowest BCUT2D eigenvalue weighted by atomic mass is 10.0. The van der Waals surface area contributed by atoms with E-state index >= 15 is 0 Å². The monoisotopic (exact) mass is 561 g/mol. The number of ether oxygens (including phenoxy) is 1. The van der Waals surface area contributed by atoms with E-state index in [0.717, 1.165) is 29.8 Å². The summed E-state index contributed by atoms with van der Waals surface area (Å²) in [6.07, 6.45) is -0.581. The molecule has 0 amide bonds. The summed E-state index contributed by atoms with van der Waals surface area (Å²) in [5, 5.41) is 14.7. The number of aromatic nitrogens is 3. The maximum Gasteiger partial charge on any atom is 0.251 e. The van der Waals surface area contributed by atoms with Gasteiger partial charge >= 0.3 is 0 Å². The second-order valence-corrected chi connectivity index (χ2v) is 10.9. The van der Waals surface area contributed by atoms with Crippen molar-refractivity contribution in [1.29, 1.82) is 0 Å². The third-order valence-electron chi connectivity index (χ3n) is 7.63. The van der Waals surface area contributed by atoms with Crippen LogP contribution in [0.25, 0.3) is 22.6 Å². The maximum atomic E-state index is 13.1. The van der Waals surface area contributed by atoms with E-state index in [-0.39, 0.29) is 25.2 Å². The molecule has 2 aliphatic rings. The Morgan fingerprint density at radius 2 is 1.97 bits per heavy atom. The number of aliphatic hydroxyl groups is 1. The third kappa shape index (κ3) is 5.60. The molecule has 39 heavy (non-hydrogen) atoms. The Hall–Kier alpha value is -2.82. The summed E-state index contributed by atoms with van der Waals surface area (Å²) in [6, 6.07) is 5.41. The summed E-state index contributed by atoms with van der Waals surface area (Å²) in [5.41, 5.74) is 3.67. The number of aryl methyl sites for hydroxylation is 2. The van der Waals surface area contributed by atoms with Crippen molar-refractivity contribution in [1.82, 2.24) is 20.0 Å². The van der Waals surface area contributed by atoms with Gasteiger partial charge in [0.1, 0.15) is 23.9 Å². The maximum absolute atomic E-state index is 13.1. The SMILES string of the molecule is CCC[C@@H](O)COc1ccc(Cl)c(-c2nc(-c3c(C)noc3C)c(C)c(N3C[C@@H]4C[C@H]3CN4CC(F)F)n2)c1. The first-order valence-electron chi connectivity index (χ1n) is 13.4. The van der Waals surface area contributed by atoms with Gasteiger partial charge in [-0.3, -0.25) is 4.90 Å². The average Bonchev–Trinajstić information content (AvgIpc) is 3.58. The van der Waals surface area contributed by atoms with Crippen molar-refractivity contribution in [3.8, 4) is 28.4 Å². The topological polar surface area (TPSA) is 87.7 Å². The predicted octanol–water partition coefficient (Wildman–Crippen LogP) is 5.45. The van der Waals surface area contributed by atoms with E-state index in [1.54, 1.807) is 18.2 Å². The van der Waals surface area contributed by atoms with Gasteiger partial charge in [-0.05, 0) is 51.8 Å². The number of nitrogens with zero attached hydrogens (tertiary/aromatic N) is 5. The second kappa shape index (κ2) is 11.3. The van der Waals surface area contributed by atoms with Crippen LogP contribution in [-0.4, -0.2) is 76.0 Å². The van der Waals surface area contributed by atoms with Gasteiger partial charge in [-0.2, -0.15) is 0 Å². The average molecular weight is 562 g/mol. The molecule has 8 nitrogen and oxygen atoms in total. The van der Waals surface area contributed by atoms with Gasteiger partial charge in [0, 0.05) is 36.3 Å². The number of anilines is 1. The summed E-state index contributed by atoms with van der Waals surface area (Å²) in [4.78, 5) is 14.0. The highest BCUT2D eigenvalue weighted by atomic mass is 35.5. The quantitative estimate of drug-likeness (QED) is 0.350. The molecule has 0 saturated carbocycles. The molecule has 0 unspecified atom stereocenters. The van der Waals surface area contributed by atoms with Crippen molar-refractivity contribution < 1.29 is 23.1 Å². The molecule has 3 atom stereocenters. The summed E-state index contributed by atoms with van der Waals surface area (Å²) in [5.74, 6) is 2.37. The summed E-state index contributed by atoms with van der Waals surface area (Å²) < 4.78 is 37.5. The van der Waals surface area contributed by atoms with Gasteiger partial charge in [-0.15, -0.1) is 0 Å². The van der Waals surface area contributed by atoms with Gasteiger partial charge in [0.15, 0.2) is 5.82 Å². The van der Waals surface area contributed by atoms with Crippen LogP contribution in [0, 0.1) is 20.8 Å². The Morgan fingerprint density at radius 1 is 1.18 bits per heavy atom. The van der Waals surface area contributed by atoms with Crippen molar-refractivity contribution in [2.45, 2.75) is 71.6 Å². The number of alkyl halides is 2. The molecule has 2 aliphatic heterocycles. The Bertz CT molecular complexity index is 1320. The molecule has 2 fully saturated rings. The smallest absolute Gasteiger partial charge is 0.251 e. The molecule has 0 aliphatic carbocycles. The standard InChI is InChI=1S/C28H34ClF2N5O3/c1-5-6-20(37)14-38-21-7-8-23(29)22(10-21)27-32-26(25-16(3)34-39-17(25)4)15(2)28(33-27)36-12-18-9-19(36)11-35(18)13-24(30)31/h7-8,10,18-20,24,37H,5-6,9,11-14H2,1-4H3/t18-,19-,20+/m0/s1. The number of halogens is 3. The number of aliphatic hydroxyl groups excluding tert-OH is 1. The van der Waals surface area contributed by atoms with Crippen molar-refractivity contribution in [3.05, 3.63) is 40.2 Å². The van der Waals surface area contributed by atoms with Crippen LogP contribution < -0.4 is 9.64 Å². The first kappa shape index (κ1) is 27.7. The lowest BCUT2D eigenvalue weighted by molar-refractivity contribution is 0.0790. The zero-order valence-corrected chi connectivity index (χ0v) is 23.4. The fraction of sp³-hybridized carbons (Fsp3) is 0.536. The van der Waals surface area contributed by atoms with Crippen LogP contribution in [0.2, 0.25) is 5.02 Å². The highest BCUT2D eigenvalue weighted by Crippen LogP contribution is 2.41. The number of hydrogen-bond acceptors (Lipinski definition) is 8. The van der Waals surface area contributed by atoms with Gasteiger partial charge < -0.3 is 19.3 Å². The van der Waals surface area contributed by atoms with Crippen LogP contribution in [-0.2, 0) is 0 Å². The number of rotatable bonds is 10. The molecule has 3 aromatic rings. The zero-order chi connectivity index (χ0) is 27.8. The number of fused-ring (bicyclic) bond motifs is 2. The van der Waals surface area contributed by atoms with Crippen LogP contribution in [0.15, 0.2) is 22.7 Å². The highest BCUT2D eigenvalue weighted by molar-refractivity contribution is 6.33. The molecule has 0 spiro atoms. The first-order chi connectivity index (χ1) is 18.7. The fourth-order valence-corrected chi connectivity index (χ4v) is 5.96. The van der Waals surface area contributed by atoms with E-state index in [1.165, 1.54) is 0 Å². The molecule has 2 aromatic heterocycles. The second-order valence-electron chi connectivity index (χ2n) is 10.5. The Morgan fingerprint density at radius 3 is 2.62 bits per heavy atom. The molecule has 2 saturated heterocycles. The fourth-order valence-electron chi connectivity index (χ4n) is 5.75. The molecular weight excluding hydrogens is 528 g/mol. The van der Waals surface area contributed by atoms with Gasteiger partial charge in [0.2, 0.25) is 0 Å².